The summed E-state index contributed by atoms with van der Waals surface area (Å²) in [4.78, 5) is 13.7. The molecule has 1 saturated carbocycles. The Morgan fingerprint density at radius 1 is 1.33 bits per heavy atom. The summed E-state index contributed by atoms with van der Waals surface area (Å²) < 4.78 is 0. The van der Waals surface area contributed by atoms with Crippen molar-refractivity contribution in [1.82, 2.24) is 4.90 Å². The lowest BCUT2D eigenvalue weighted by atomic mass is 9.51. The maximum Gasteiger partial charge on any atom is 0.306 e. The van der Waals surface area contributed by atoms with Crippen LogP contribution in [0, 0.1) is 23.2 Å². The molecule has 0 radical (unpaired) electrons. The smallest absolute Gasteiger partial charge is 0.306 e. The van der Waals surface area contributed by atoms with Crippen LogP contribution in [-0.2, 0) is 4.79 Å². The second-order valence-corrected chi connectivity index (χ2v) is 6.85. The van der Waals surface area contributed by atoms with Gasteiger partial charge in [-0.25, -0.2) is 0 Å². The second-order valence-electron chi connectivity index (χ2n) is 6.85. The van der Waals surface area contributed by atoms with Gasteiger partial charge in [-0.15, -0.1) is 0 Å². The van der Waals surface area contributed by atoms with Gasteiger partial charge in [-0.1, -0.05) is 27.2 Å². The zero-order valence-electron chi connectivity index (χ0n) is 12.0. The van der Waals surface area contributed by atoms with E-state index in [2.05, 4.69) is 18.7 Å². The molecule has 2 rings (SSSR count). The summed E-state index contributed by atoms with van der Waals surface area (Å²) in [6.07, 6.45) is 5.14. The van der Waals surface area contributed by atoms with Gasteiger partial charge in [0.15, 0.2) is 0 Å². The molecule has 1 N–H and O–H groups in total. The molecule has 0 amide bonds. The molecule has 104 valence electrons. The van der Waals surface area contributed by atoms with Gasteiger partial charge >= 0.3 is 5.97 Å². The molecule has 0 aromatic rings. The summed E-state index contributed by atoms with van der Waals surface area (Å²) in [7, 11) is 0. The van der Waals surface area contributed by atoms with Crippen molar-refractivity contribution in [3.8, 4) is 0 Å². The Kier molecular flexibility index (Phi) is 4.00. The summed E-state index contributed by atoms with van der Waals surface area (Å²) in [5, 5.41) is 9.15. The van der Waals surface area contributed by atoms with Crippen LogP contribution in [-0.4, -0.2) is 35.6 Å². The molecule has 18 heavy (non-hydrogen) atoms. The number of hydrogen-bond acceptors (Lipinski definition) is 2. The Balaban J connectivity index is 1.88. The van der Waals surface area contributed by atoms with E-state index in [-0.39, 0.29) is 11.3 Å². The van der Waals surface area contributed by atoms with Crippen LogP contribution in [0.25, 0.3) is 0 Å². The average molecular weight is 253 g/mol. The van der Waals surface area contributed by atoms with Gasteiger partial charge in [0.05, 0.1) is 5.92 Å². The maximum absolute atomic E-state index is 11.1. The van der Waals surface area contributed by atoms with Gasteiger partial charge in [0.2, 0.25) is 0 Å². The first-order valence-corrected chi connectivity index (χ1v) is 7.38. The molecule has 0 aromatic carbocycles. The molecule has 1 aliphatic carbocycles. The number of rotatable bonds is 4. The van der Waals surface area contributed by atoms with Crippen molar-refractivity contribution in [1.29, 1.82) is 0 Å². The van der Waals surface area contributed by atoms with Crippen molar-refractivity contribution < 1.29 is 9.90 Å². The topological polar surface area (TPSA) is 40.5 Å². The normalized spacial score (nSPS) is 33.7. The number of likely N-dealkylation sites (tertiary alicyclic amines) is 1. The Morgan fingerprint density at radius 3 is 2.44 bits per heavy atom. The molecule has 0 bridgehead atoms. The zero-order valence-corrected chi connectivity index (χ0v) is 12.0. The van der Waals surface area contributed by atoms with Crippen molar-refractivity contribution in [2.75, 3.05) is 19.6 Å². The van der Waals surface area contributed by atoms with Gasteiger partial charge in [-0.05, 0) is 49.6 Å². The molecule has 3 heteroatoms. The maximum atomic E-state index is 11.1. The fraction of sp³-hybridized carbons (Fsp3) is 0.933. The number of carboxylic acids is 1. The van der Waals surface area contributed by atoms with E-state index in [4.69, 9.17) is 5.11 Å². The molecule has 1 heterocycles. The molecule has 1 aliphatic heterocycles. The van der Waals surface area contributed by atoms with E-state index >= 15 is 0 Å². The number of nitrogens with zero attached hydrogens (tertiary/aromatic N) is 1. The second kappa shape index (κ2) is 5.20. The molecule has 0 aromatic heterocycles. The highest BCUT2D eigenvalue weighted by molar-refractivity contribution is 5.70. The highest BCUT2D eigenvalue weighted by Crippen LogP contribution is 2.54. The summed E-state index contributed by atoms with van der Waals surface area (Å²) in [6.45, 7) is 10.0. The molecular formula is C15H27NO2. The molecule has 3 nitrogen and oxygen atoms in total. The molecule has 1 saturated heterocycles. The minimum absolute atomic E-state index is 0.190. The minimum atomic E-state index is -0.635. The fourth-order valence-electron chi connectivity index (χ4n) is 3.84. The predicted molar refractivity (Wildman–Crippen MR) is 72.5 cm³/mol. The monoisotopic (exact) mass is 253 g/mol. The van der Waals surface area contributed by atoms with Gasteiger partial charge in [-0.3, -0.25) is 4.79 Å². The van der Waals surface area contributed by atoms with Gasteiger partial charge in [-0.2, -0.15) is 0 Å². The first kappa shape index (κ1) is 13.9. The van der Waals surface area contributed by atoms with Gasteiger partial charge < -0.3 is 10.0 Å². The van der Waals surface area contributed by atoms with Crippen LogP contribution in [0.1, 0.15) is 46.5 Å². The average Bonchev–Trinajstić information content (AvgIpc) is 2.34. The van der Waals surface area contributed by atoms with Crippen LogP contribution < -0.4 is 0 Å². The third-order valence-electron chi connectivity index (χ3n) is 5.47. The Hall–Kier alpha value is -0.570. The zero-order chi connectivity index (χ0) is 13.3. The Labute approximate surface area is 111 Å². The lowest BCUT2D eigenvalue weighted by Crippen LogP contribution is -2.53. The number of hydrogen-bond donors (Lipinski definition) is 1. The van der Waals surface area contributed by atoms with Gasteiger partial charge in [0, 0.05) is 6.54 Å². The van der Waals surface area contributed by atoms with Crippen molar-refractivity contribution in [3.05, 3.63) is 0 Å². The van der Waals surface area contributed by atoms with E-state index in [1.54, 1.807) is 0 Å². The molecular weight excluding hydrogens is 226 g/mol. The molecule has 2 aliphatic rings. The van der Waals surface area contributed by atoms with Crippen molar-refractivity contribution in [2.45, 2.75) is 46.5 Å². The van der Waals surface area contributed by atoms with Crippen LogP contribution >= 0.6 is 0 Å². The highest BCUT2D eigenvalue weighted by Gasteiger charge is 2.51. The first-order chi connectivity index (χ1) is 8.43. The largest absolute Gasteiger partial charge is 0.481 e. The van der Waals surface area contributed by atoms with E-state index in [0.29, 0.717) is 11.8 Å². The Bertz CT molecular complexity index is 308. The third-order valence-corrected chi connectivity index (χ3v) is 5.47. The van der Waals surface area contributed by atoms with Gasteiger partial charge in [0.1, 0.15) is 0 Å². The van der Waals surface area contributed by atoms with E-state index in [0.717, 1.165) is 6.42 Å². The van der Waals surface area contributed by atoms with E-state index < -0.39 is 5.97 Å². The van der Waals surface area contributed by atoms with E-state index in [1.165, 1.54) is 38.9 Å². The van der Waals surface area contributed by atoms with Crippen LogP contribution in [0.3, 0.4) is 0 Å². The summed E-state index contributed by atoms with van der Waals surface area (Å²) in [5.41, 5.74) is 0.190. The van der Waals surface area contributed by atoms with Crippen LogP contribution in [0.4, 0.5) is 0 Å². The molecule has 1 unspecified atom stereocenters. The summed E-state index contributed by atoms with van der Waals surface area (Å²) in [6, 6.07) is 0. The van der Waals surface area contributed by atoms with Crippen molar-refractivity contribution >= 4 is 5.97 Å². The van der Waals surface area contributed by atoms with E-state index in [9.17, 15) is 4.79 Å². The number of aliphatic carboxylic acids is 1. The van der Waals surface area contributed by atoms with Crippen molar-refractivity contribution in [2.24, 2.45) is 23.2 Å². The minimum Gasteiger partial charge on any atom is -0.481 e. The summed E-state index contributed by atoms with van der Waals surface area (Å²) in [5.74, 6) is 0.203. The summed E-state index contributed by atoms with van der Waals surface area (Å²) >= 11 is 0. The predicted octanol–water partition coefficient (Wildman–Crippen LogP) is 2.86. The molecule has 2 fully saturated rings. The quantitative estimate of drug-likeness (QED) is 0.837. The number of carbonyl (C=O) groups is 1. The number of piperidine rings is 1. The molecule has 0 spiro atoms. The highest BCUT2D eigenvalue weighted by atomic mass is 16.4. The fourth-order valence-corrected chi connectivity index (χ4v) is 3.84. The first-order valence-electron chi connectivity index (χ1n) is 7.38. The van der Waals surface area contributed by atoms with Crippen LogP contribution in [0.15, 0.2) is 0 Å². The third kappa shape index (κ3) is 2.56. The van der Waals surface area contributed by atoms with Gasteiger partial charge in [0.25, 0.3) is 0 Å². The Morgan fingerprint density at radius 2 is 1.94 bits per heavy atom. The van der Waals surface area contributed by atoms with Crippen molar-refractivity contribution in [3.63, 3.8) is 0 Å². The van der Waals surface area contributed by atoms with Crippen LogP contribution in [0.5, 0.6) is 0 Å². The standard InChI is InChI=1S/C15H27NO2/c1-11(14(17)18)13-9-12(15(13,2)3)10-16-7-5-4-6-8-16/h11-13H,4-10H2,1-3H3,(H,17,18)/t11?,12-,13+/m0/s1. The lowest BCUT2D eigenvalue weighted by Gasteiger charge is -2.55. The van der Waals surface area contributed by atoms with E-state index in [1.807, 2.05) is 6.92 Å². The lowest BCUT2D eigenvalue weighted by molar-refractivity contribution is -0.153. The van der Waals surface area contributed by atoms with Crippen LogP contribution in [0.2, 0.25) is 0 Å². The number of carboxylic acid groups (broad SMARTS) is 1. The SMILES string of the molecule is CC(C(=O)O)[C@H]1C[C@@H](CN2CCCCC2)C1(C)C. The molecule has 3 atom stereocenters.